The van der Waals surface area contributed by atoms with Gasteiger partial charge < -0.3 is 10.2 Å². The van der Waals surface area contributed by atoms with Crippen LogP contribution in [0.15, 0.2) is 30.5 Å². The van der Waals surface area contributed by atoms with Gasteiger partial charge in [0.15, 0.2) is 0 Å². The number of amides is 1. The Morgan fingerprint density at radius 2 is 2.10 bits per heavy atom. The highest BCUT2D eigenvalue weighted by Crippen LogP contribution is 2.23. The summed E-state index contributed by atoms with van der Waals surface area (Å²) >= 11 is 6.07. The predicted molar refractivity (Wildman–Crippen MR) is 92.1 cm³/mol. The minimum Gasteiger partial charge on any atom is -0.340 e. The highest BCUT2D eigenvalue weighted by atomic mass is 35.5. The Morgan fingerprint density at radius 3 is 2.76 bits per heavy atom. The molecule has 0 aliphatic carbocycles. The van der Waals surface area contributed by atoms with Gasteiger partial charge in [-0.2, -0.15) is 0 Å². The topological polar surface area (TPSA) is 45.2 Å². The maximum atomic E-state index is 12.4. The smallest absolute Gasteiger partial charge is 0.255 e. The summed E-state index contributed by atoms with van der Waals surface area (Å²) in [7, 11) is 3.63. The molecule has 2 aromatic rings. The van der Waals surface area contributed by atoms with Crippen molar-refractivity contribution in [3.05, 3.63) is 41.0 Å². The molecule has 21 heavy (non-hydrogen) atoms. The molecule has 0 aliphatic rings. The van der Waals surface area contributed by atoms with E-state index in [1.165, 1.54) is 0 Å². The summed E-state index contributed by atoms with van der Waals surface area (Å²) in [5.41, 5.74) is 1.23. The van der Waals surface area contributed by atoms with Crippen LogP contribution >= 0.6 is 36.4 Å². The van der Waals surface area contributed by atoms with Crippen LogP contribution in [0.5, 0.6) is 0 Å². The van der Waals surface area contributed by atoms with Crippen molar-refractivity contribution in [1.82, 2.24) is 15.2 Å². The third-order valence-corrected chi connectivity index (χ3v) is 3.16. The van der Waals surface area contributed by atoms with E-state index in [0.29, 0.717) is 22.6 Å². The summed E-state index contributed by atoms with van der Waals surface area (Å²) in [6, 6.07) is 7.22. The van der Waals surface area contributed by atoms with Gasteiger partial charge in [0.1, 0.15) is 0 Å². The van der Waals surface area contributed by atoms with Crippen molar-refractivity contribution in [1.29, 1.82) is 0 Å². The largest absolute Gasteiger partial charge is 0.340 e. The van der Waals surface area contributed by atoms with E-state index in [-0.39, 0.29) is 30.7 Å². The fraction of sp³-hybridized carbons (Fsp3) is 0.286. The number of hydrogen-bond donors (Lipinski definition) is 1. The average molecular weight is 351 g/mol. The molecule has 0 bridgehead atoms. The molecule has 4 nitrogen and oxygen atoms in total. The highest BCUT2D eigenvalue weighted by molar-refractivity contribution is 6.32. The Balaban J connectivity index is 0.00000200. The number of rotatable bonds is 4. The minimum atomic E-state index is -0.0681. The first-order valence-electron chi connectivity index (χ1n) is 6.08. The average Bonchev–Trinajstić information content (AvgIpc) is 2.42. The Labute approximate surface area is 141 Å². The molecule has 0 spiro atoms. The second kappa shape index (κ2) is 9.05. The second-order valence-corrected chi connectivity index (χ2v) is 4.80. The molecule has 0 atom stereocenters. The van der Waals surface area contributed by atoms with Crippen molar-refractivity contribution in [2.45, 2.75) is 0 Å². The fourth-order valence-electron chi connectivity index (χ4n) is 1.91. The zero-order valence-electron chi connectivity index (χ0n) is 11.8. The molecule has 0 unspecified atom stereocenters. The molecule has 1 N–H and O–H groups in total. The van der Waals surface area contributed by atoms with Crippen LogP contribution in [0, 0.1) is 0 Å². The summed E-state index contributed by atoms with van der Waals surface area (Å²) in [4.78, 5) is 18.4. The number of carbonyl (C=O) groups excluding carboxylic acids is 1. The first-order valence-corrected chi connectivity index (χ1v) is 6.45. The Bertz CT molecular complexity index is 607. The number of fused-ring (bicyclic) bond motifs is 1. The standard InChI is InChI=1S/C14H16ClN3O.2ClH/c1-16-6-7-18(2)14(19)12-9-11(15)8-10-4-3-5-17-13(10)12;;/h3-5,8-9,16H,6-7H2,1-2H3;2*1H. The van der Waals surface area contributed by atoms with Gasteiger partial charge in [-0.3, -0.25) is 9.78 Å². The number of likely N-dealkylation sites (N-methyl/N-ethyl adjacent to an activating group) is 2. The van der Waals surface area contributed by atoms with E-state index in [4.69, 9.17) is 11.6 Å². The maximum absolute atomic E-state index is 12.4. The van der Waals surface area contributed by atoms with Gasteiger partial charge in [0, 0.05) is 36.7 Å². The predicted octanol–water partition coefficient (Wildman–Crippen LogP) is 3.02. The highest BCUT2D eigenvalue weighted by Gasteiger charge is 2.16. The Hall–Kier alpha value is -1.07. The molecule has 7 heteroatoms. The monoisotopic (exact) mass is 349 g/mol. The van der Waals surface area contributed by atoms with E-state index in [1.807, 2.05) is 25.2 Å². The summed E-state index contributed by atoms with van der Waals surface area (Å²) < 4.78 is 0. The number of benzene rings is 1. The number of halogens is 3. The Morgan fingerprint density at radius 1 is 1.38 bits per heavy atom. The molecule has 0 saturated heterocycles. The van der Waals surface area contributed by atoms with Gasteiger partial charge in [0.05, 0.1) is 11.1 Å². The van der Waals surface area contributed by atoms with Crippen LogP contribution in [0.3, 0.4) is 0 Å². The van der Waals surface area contributed by atoms with Crippen molar-refractivity contribution in [3.8, 4) is 0 Å². The van der Waals surface area contributed by atoms with Crippen LogP contribution in [0.2, 0.25) is 5.02 Å². The second-order valence-electron chi connectivity index (χ2n) is 4.36. The van der Waals surface area contributed by atoms with E-state index in [0.717, 1.165) is 11.9 Å². The molecule has 0 saturated carbocycles. The minimum absolute atomic E-state index is 0. The third kappa shape index (κ3) is 4.71. The molecular weight excluding hydrogens is 333 g/mol. The summed E-state index contributed by atoms with van der Waals surface area (Å²) in [6.07, 6.45) is 1.68. The van der Waals surface area contributed by atoms with Gasteiger partial charge in [-0.15, -0.1) is 24.8 Å². The van der Waals surface area contributed by atoms with Crippen molar-refractivity contribution < 1.29 is 4.79 Å². The van der Waals surface area contributed by atoms with E-state index in [9.17, 15) is 4.79 Å². The van der Waals surface area contributed by atoms with Gasteiger partial charge in [0.2, 0.25) is 0 Å². The maximum Gasteiger partial charge on any atom is 0.255 e. The van der Waals surface area contributed by atoms with Crippen LogP contribution in [-0.2, 0) is 0 Å². The van der Waals surface area contributed by atoms with Gasteiger partial charge in [0.25, 0.3) is 5.91 Å². The molecule has 0 fully saturated rings. The molecule has 1 heterocycles. The lowest BCUT2D eigenvalue weighted by molar-refractivity contribution is 0.0798. The molecular formula is C14H18Cl3N3O. The SMILES string of the molecule is CNCCN(C)C(=O)c1cc(Cl)cc2cccnc12.Cl.Cl. The zero-order chi connectivity index (χ0) is 13.8. The van der Waals surface area contributed by atoms with Gasteiger partial charge in [-0.1, -0.05) is 17.7 Å². The number of hydrogen-bond acceptors (Lipinski definition) is 3. The first kappa shape index (κ1) is 19.9. The van der Waals surface area contributed by atoms with Gasteiger partial charge in [-0.05, 0) is 25.2 Å². The zero-order valence-corrected chi connectivity index (χ0v) is 14.2. The molecule has 1 aromatic heterocycles. The lowest BCUT2D eigenvalue weighted by Gasteiger charge is -2.17. The first-order chi connectivity index (χ1) is 9.13. The van der Waals surface area contributed by atoms with Crippen LogP contribution in [0.1, 0.15) is 10.4 Å². The van der Waals surface area contributed by atoms with E-state index < -0.39 is 0 Å². The molecule has 116 valence electrons. The number of aromatic nitrogens is 1. The molecule has 1 aromatic carbocycles. The summed E-state index contributed by atoms with van der Waals surface area (Å²) in [5.74, 6) is -0.0681. The van der Waals surface area contributed by atoms with Crippen molar-refractivity contribution in [2.24, 2.45) is 0 Å². The van der Waals surface area contributed by atoms with Crippen molar-refractivity contribution in [2.75, 3.05) is 27.2 Å². The number of carbonyl (C=O) groups is 1. The number of nitrogens with zero attached hydrogens (tertiary/aromatic N) is 2. The number of nitrogens with one attached hydrogen (secondary N) is 1. The summed E-state index contributed by atoms with van der Waals surface area (Å²) in [5, 5.41) is 4.44. The van der Waals surface area contributed by atoms with Gasteiger partial charge in [-0.25, -0.2) is 0 Å². The lowest BCUT2D eigenvalue weighted by atomic mass is 10.1. The van der Waals surface area contributed by atoms with E-state index in [2.05, 4.69) is 10.3 Å². The molecule has 0 radical (unpaired) electrons. The van der Waals surface area contributed by atoms with E-state index in [1.54, 1.807) is 24.2 Å². The molecule has 2 rings (SSSR count). The molecule has 1 amide bonds. The quantitative estimate of drug-likeness (QED) is 0.922. The fourth-order valence-corrected chi connectivity index (χ4v) is 2.13. The van der Waals surface area contributed by atoms with E-state index >= 15 is 0 Å². The number of pyridine rings is 1. The van der Waals surface area contributed by atoms with Crippen LogP contribution in [-0.4, -0.2) is 43.0 Å². The molecule has 0 aliphatic heterocycles. The van der Waals surface area contributed by atoms with Crippen molar-refractivity contribution >= 4 is 53.2 Å². The lowest BCUT2D eigenvalue weighted by Crippen LogP contribution is -2.33. The third-order valence-electron chi connectivity index (χ3n) is 2.94. The van der Waals surface area contributed by atoms with Crippen LogP contribution in [0.4, 0.5) is 0 Å². The van der Waals surface area contributed by atoms with Gasteiger partial charge >= 0.3 is 0 Å². The van der Waals surface area contributed by atoms with Crippen LogP contribution in [0.25, 0.3) is 10.9 Å². The Kier molecular flexibility index (Phi) is 8.59. The van der Waals surface area contributed by atoms with Crippen LogP contribution < -0.4 is 5.32 Å². The summed E-state index contributed by atoms with van der Waals surface area (Å²) in [6.45, 7) is 1.38. The normalized spacial score (nSPS) is 9.67. The van der Waals surface area contributed by atoms with Crippen molar-refractivity contribution in [3.63, 3.8) is 0 Å².